The summed E-state index contributed by atoms with van der Waals surface area (Å²) in [6.45, 7) is 4.70. The molecule has 0 unspecified atom stereocenters. The number of hydrogen-bond donors (Lipinski definition) is 2. The molecule has 2 heterocycles. The summed E-state index contributed by atoms with van der Waals surface area (Å²) in [5.41, 5.74) is 1.67. The Morgan fingerprint density at radius 1 is 1.33 bits per heavy atom. The summed E-state index contributed by atoms with van der Waals surface area (Å²) >= 11 is 3.45. The van der Waals surface area contributed by atoms with Crippen LogP contribution in [0.4, 0.5) is 5.95 Å². The molecule has 0 spiro atoms. The Balaban J connectivity index is 2.06. The number of anilines is 1. The van der Waals surface area contributed by atoms with Crippen molar-refractivity contribution < 1.29 is 4.74 Å². The fourth-order valence-electron chi connectivity index (χ4n) is 1.91. The molecule has 0 saturated carbocycles. The van der Waals surface area contributed by atoms with Crippen LogP contribution in [-0.2, 0) is 0 Å². The summed E-state index contributed by atoms with van der Waals surface area (Å²) in [4.78, 5) is 8.75. The fourth-order valence-corrected chi connectivity index (χ4v) is 2.25. The van der Waals surface area contributed by atoms with Crippen LogP contribution < -0.4 is 10.1 Å². The first kappa shape index (κ1) is 13.8. The summed E-state index contributed by atoms with van der Waals surface area (Å²) in [7, 11) is 0. The van der Waals surface area contributed by atoms with E-state index in [4.69, 9.17) is 4.74 Å². The third kappa shape index (κ3) is 2.82. The third-order valence-corrected chi connectivity index (χ3v) is 3.46. The van der Waals surface area contributed by atoms with Gasteiger partial charge in [-0.25, -0.2) is 0 Å². The zero-order valence-electron chi connectivity index (χ0n) is 11.6. The molecule has 0 saturated heterocycles. The number of aromatic amines is 1. The molecule has 0 amide bonds. The molecule has 0 bridgehead atoms. The van der Waals surface area contributed by atoms with Gasteiger partial charge in [-0.3, -0.25) is 5.10 Å². The second-order valence-corrected chi connectivity index (χ2v) is 5.44. The molecule has 0 radical (unpaired) electrons. The number of hydrogen-bond acceptors (Lipinski definition) is 5. The van der Waals surface area contributed by atoms with E-state index in [2.05, 4.69) is 41.4 Å². The lowest BCUT2D eigenvalue weighted by Crippen LogP contribution is -2.03. The topological polar surface area (TPSA) is 75.7 Å². The van der Waals surface area contributed by atoms with Crippen LogP contribution in [0.25, 0.3) is 11.0 Å². The van der Waals surface area contributed by atoms with Gasteiger partial charge in [-0.1, -0.05) is 22.0 Å². The van der Waals surface area contributed by atoms with E-state index in [0.717, 1.165) is 27.7 Å². The number of rotatable bonds is 4. The molecule has 0 aliphatic heterocycles. The van der Waals surface area contributed by atoms with Gasteiger partial charge < -0.3 is 10.1 Å². The lowest BCUT2D eigenvalue weighted by molar-refractivity contribution is 0.465. The van der Waals surface area contributed by atoms with E-state index in [1.165, 1.54) is 0 Å². The maximum Gasteiger partial charge on any atom is 0.235 e. The molecule has 2 N–H and O–H groups in total. The number of fused-ring (bicyclic) bond motifs is 1. The van der Waals surface area contributed by atoms with Gasteiger partial charge in [0.1, 0.15) is 11.1 Å². The molecule has 0 fully saturated rings. The number of nitrogens with one attached hydrogen (secondary N) is 2. The monoisotopic (exact) mass is 347 g/mol. The Morgan fingerprint density at radius 3 is 3.00 bits per heavy atom. The molecule has 3 rings (SSSR count). The number of aryl methyl sites for hydroxylation is 1. The molecule has 2 aromatic heterocycles. The number of aromatic nitrogens is 4. The molecule has 108 valence electrons. The van der Waals surface area contributed by atoms with Crippen molar-refractivity contribution in [3.05, 3.63) is 34.4 Å². The lowest BCUT2D eigenvalue weighted by atomic mass is 10.2. The normalized spacial score (nSPS) is 10.8. The molecule has 3 aromatic rings. The van der Waals surface area contributed by atoms with Gasteiger partial charge >= 0.3 is 0 Å². The summed E-state index contributed by atoms with van der Waals surface area (Å²) in [6.07, 6.45) is 1.66. The van der Waals surface area contributed by atoms with E-state index < -0.39 is 0 Å². The van der Waals surface area contributed by atoms with E-state index in [0.29, 0.717) is 17.5 Å². The summed E-state index contributed by atoms with van der Waals surface area (Å²) in [6, 6.07) is 5.87. The van der Waals surface area contributed by atoms with E-state index in [1.54, 1.807) is 6.20 Å². The molecular formula is C14H14BrN5O. The largest absolute Gasteiger partial charge is 0.438 e. The minimum absolute atomic E-state index is 0.478. The highest BCUT2D eigenvalue weighted by Gasteiger charge is 2.12. The van der Waals surface area contributed by atoms with E-state index in [-0.39, 0.29) is 0 Å². The van der Waals surface area contributed by atoms with E-state index in [9.17, 15) is 0 Å². The zero-order chi connectivity index (χ0) is 14.8. The molecule has 0 aliphatic carbocycles. The standard InChI is InChI=1S/C14H14BrN5O/c1-3-16-14-18-12-10(7-17-20-12)13(19-14)21-11-6-9(15)5-4-8(11)2/h4-7H,3H2,1-2H3,(H2,16,17,18,19,20). The van der Waals surface area contributed by atoms with Crippen LogP contribution in [0.5, 0.6) is 11.6 Å². The summed E-state index contributed by atoms with van der Waals surface area (Å²) < 4.78 is 6.92. The van der Waals surface area contributed by atoms with Crippen LogP contribution in [0.1, 0.15) is 12.5 Å². The maximum absolute atomic E-state index is 5.97. The first-order chi connectivity index (χ1) is 10.2. The Morgan fingerprint density at radius 2 is 2.19 bits per heavy atom. The van der Waals surface area contributed by atoms with Crippen LogP contribution in [-0.4, -0.2) is 26.7 Å². The van der Waals surface area contributed by atoms with Crippen molar-refractivity contribution in [2.45, 2.75) is 13.8 Å². The minimum Gasteiger partial charge on any atom is -0.438 e. The van der Waals surface area contributed by atoms with Crippen molar-refractivity contribution >= 4 is 32.9 Å². The van der Waals surface area contributed by atoms with Crippen LogP contribution in [0, 0.1) is 6.92 Å². The maximum atomic E-state index is 5.97. The summed E-state index contributed by atoms with van der Waals surface area (Å²) in [5.74, 6) is 1.73. The lowest BCUT2D eigenvalue weighted by Gasteiger charge is -2.10. The predicted molar refractivity (Wildman–Crippen MR) is 84.8 cm³/mol. The average Bonchev–Trinajstić information content (AvgIpc) is 2.92. The van der Waals surface area contributed by atoms with Gasteiger partial charge in [0.2, 0.25) is 11.8 Å². The average molecular weight is 348 g/mol. The number of ether oxygens (including phenoxy) is 1. The van der Waals surface area contributed by atoms with Crippen molar-refractivity contribution in [3.8, 4) is 11.6 Å². The molecule has 21 heavy (non-hydrogen) atoms. The number of H-pyrrole nitrogens is 1. The van der Waals surface area contributed by atoms with Crippen LogP contribution in [0.3, 0.4) is 0 Å². The van der Waals surface area contributed by atoms with Crippen molar-refractivity contribution in [2.24, 2.45) is 0 Å². The van der Waals surface area contributed by atoms with Crippen molar-refractivity contribution in [3.63, 3.8) is 0 Å². The van der Waals surface area contributed by atoms with Crippen molar-refractivity contribution in [2.75, 3.05) is 11.9 Å². The van der Waals surface area contributed by atoms with Gasteiger partial charge in [0.05, 0.1) is 6.20 Å². The Bertz CT molecular complexity index is 786. The molecule has 1 aromatic carbocycles. The van der Waals surface area contributed by atoms with Gasteiger partial charge in [0, 0.05) is 11.0 Å². The van der Waals surface area contributed by atoms with Gasteiger partial charge in [-0.15, -0.1) is 0 Å². The first-order valence-corrected chi connectivity index (χ1v) is 7.35. The predicted octanol–water partition coefficient (Wildman–Crippen LogP) is 3.65. The van der Waals surface area contributed by atoms with Gasteiger partial charge in [-0.05, 0) is 31.5 Å². The molecule has 7 heteroatoms. The van der Waals surface area contributed by atoms with Gasteiger partial charge in [0.15, 0.2) is 5.65 Å². The number of halogens is 1. The number of benzene rings is 1. The van der Waals surface area contributed by atoms with E-state index >= 15 is 0 Å². The Kier molecular flexibility index (Phi) is 3.74. The molecule has 0 atom stereocenters. The van der Waals surface area contributed by atoms with E-state index in [1.807, 2.05) is 32.0 Å². The first-order valence-electron chi connectivity index (χ1n) is 6.56. The summed E-state index contributed by atoms with van der Waals surface area (Å²) in [5, 5.41) is 10.7. The Hall–Kier alpha value is -2.15. The smallest absolute Gasteiger partial charge is 0.235 e. The minimum atomic E-state index is 0.478. The second kappa shape index (κ2) is 5.69. The third-order valence-electron chi connectivity index (χ3n) is 2.97. The highest BCUT2D eigenvalue weighted by molar-refractivity contribution is 9.10. The molecular weight excluding hydrogens is 334 g/mol. The van der Waals surface area contributed by atoms with Crippen LogP contribution >= 0.6 is 15.9 Å². The van der Waals surface area contributed by atoms with Crippen molar-refractivity contribution in [1.82, 2.24) is 20.2 Å². The van der Waals surface area contributed by atoms with Crippen LogP contribution in [0.2, 0.25) is 0 Å². The van der Waals surface area contributed by atoms with Gasteiger partial charge in [-0.2, -0.15) is 15.1 Å². The highest BCUT2D eigenvalue weighted by Crippen LogP contribution is 2.31. The number of nitrogens with zero attached hydrogens (tertiary/aromatic N) is 3. The van der Waals surface area contributed by atoms with Gasteiger partial charge in [0.25, 0.3) is 0 Å². The Labute approximate surface area is 130 Å². The molecule has 6 nitrogen and oxygen atoms in total. The molecule has 0 aliphatic rings. The highest BCUT2D eigenvalue weighted by atomic mass is 79.9. The zero-order valence-corrected chi connectivity index (χ0v) is 13.2. The van der Waals surface area contributed by atoms with Crippen molar-refractivity contribution in [1.29, 1.82) is 0 Å². The fraction of sp³-hybridized carbons (Fsp3) is 0.214. The van der Waals surface area contributed by atoms with Crippen LogP contribution in [0.15, 0.2) is 28.9 Å². The SMILES string of the molecule is CCNc1nc(Oc2cc(Br)ccc2C)c2cn[nH]c2n1. The second-order valence-electron chi connectivity index (χ2n) is 4.53. The quantitative estimate of drug-likeness (QED) is 0.753.